The highest BCUT2D eigenvalue weighted by molar-refractivity contribution is 7.99. The molecule has 1 fully saturated rings. The Morgan fingerprint density at radius 1 is 1.14 bits per heavy atom. The maximum Gasteiger partial charge on any atom is 0.416 e. The van der Waals surface area contributed by atoms with Crippen molar-refractivity contribution in [2.24, 2.45) is 0 Å². The molecule has 2 heterocycles. The van der Waals surface area contributed by atoms with Gasteiger partial charge >= 0.3 is 6.18 Å². The van der Waals surface area contributed by atoms with Gasteiger partial charge in [0.1, 0.15) is 16.4 Å². The van der Waals surface area contributed by atoms with Gasteiger partial charge in [0.25, 0.3) is 5.91 Å². The van der Waals surface area contributed by atoms with Gasteiger partial charge in [0.2, 0.25) is 0 Å². The van der Waals surface area contributed by atoms with Crippen LogP contribution in [-0.2, 0) is 12.7 Å². The zero-order valence-electron chi connectivity index (χ0n) is 19.9. The Balaban J connectivity index is 1.87. The van der Waals surface area contributed by atoms with Crippen LogP contribution in [0.4, 0.5) is 19.0 Å². The molecule has 1 saturated heterocycles. The Bertz CT molecular complexity index is 993. The van der Waals surface area contributed by atoms with Gasteiger partial charge in [0.15, 0.2) is 5.16 Å². The molecule has 0 aliphatic carbocycles. The van der Waals surface area contributed by atoms with Gasteiger partial charge in [-0.05, 0) is 42.7 Å². The number of nitrogens with one attached hydrogen (secondary N) is 1. The summed E-state index contributed by atoms with van der Waals surface area (Å²) in [7, 11) is 0. The van der Waals surface area contributed by atoms with E-state index in [0.717, 1.165) is 63.1 Å². The maximum atomic E-state index is 13.4. The second kappa shape index (κ2) is 13.2. The standard InChI is InChI=1S/C25H31F3N4OS2/c1-3-5-8-16-34-23-20(21(32-13-6-7-14-32)30-24(31-23)35-15-4-2)22(33)29-17-18-9-11-19(12-10-18)25(26,27)28/h4,9-12H,2-3,5-8,13-17H2,1H3,(H,29,33). The van der Waals surface area contributed by atoms with Gasteiger partial charge in [0, 0.05) is 25.4 Å². The molecule has 0 unspecified atom stereocenters. The average Bonchev–Trinajstić information content (AvgIpc) is 3.38. The minimum absolute atomic E-state index is 0.114. The van der Waals surface area contributed by atoms with Crippen molar-refractivity contribution in [2.75, 3.05) is 29.5 Å². The van der Waals surface area contributed by atoms with Crippen LogP contribution in [-0.4, -0.2) is 40.5 Å². The highest BCUT2D eigenvalue weighted by atomic mass is 32.2. The van der Waals surface area contributed by atoms with E-state index in [1.165, 1.54) is 23.9 Å². The van der Waals surface area contributed by atoms with E-state index in [4.69, 9.17) is 9.97 Å². The van der Waals surface area contributed by atoms with Crippen molar-refractivity contribution in [3.05, 3.63) is 53.6 Å². The summed E-state index contributed by atoms with van der Waals surface area (Å²) in [6.45, 7) is 7.67. The van der Waals surface area contributed by atoms with Crippen LogP contribution in [0.1, 0.15) is 60.5 Å². The molecular weight excluding hydrogens is 493 g/mol. The van der Waals surface area contributed by atoms with Crippen LogP contribution >= 0.6 is 23.5 Å². The van der Waals surface area contributed by atoms with E-state index >= 15 is 0 Å². The number of unbranched alkanes of at least 4 members (excludes halogenated alkanes) is 2. The Kier molecular flexibility index (Phi) is 10.3. The van der Waals surface area contributed by atoms with Gasteiger partial charge in [-0.15, -0.1) is 18.3 Å². The predicted octanol–water partition coefficient (Wildman–Crippen LogP) is 6.59. The maximum absolute atomic E-state index is 13.4. The Labute approximate surface area is 213 Å². The fourth-order valence-electron chi connectivity index (χ4n) is 3.67. The van der Waals surface area contributed by atoms with E-state index in [0.29, 0.717) is 32.9 Å². The second-order valence-corrected chi connectivity index (χ2v) is 10.3. The quantitative estimate of drug-likeness (QED) is 0.111. The fraction of sp³-hybridized carbons (Fsp3) is 0.480. The van der Waals surface area contributed by atoms with Crippen LogP contribution < -0.4 is 10.2 Å². The second-order valence-electron chi connectivity index (χ2n) is 8.24. The normalized spacial score (nSPS) is 13.8. The predicted molar refractivity (Wildman–Crippen MR) is 137 cm³/mol. The molecule has 0 atom stereocenters. The summed E-state index contributed by atoms with van der Waals surface area (Å²) in [5, 5.41) is 4.14. The molecule has 0 saturated carbocycles. The van der Waals surface area contributed by atoms with Crippen molar-refractivity contribution in [1.82, 2.24) is 15.3 Å². The summed E-state index contributed by atoms with van der Waals surface area (Å²) >= 11 is 3.04. The molecule has 0 spiro atoms. The lowest BCUT2D eigenvalue weighted by Gasteiger charge is -2.22. The number of carbonyl (C=O) groups excluding carboxylic acids is 1. The van der Waals surface area contributed by atoms with E-state index in [-0.39, 0.29) is 12.5 Å². The number of halogens is 3. The van der Waals surface area contributed by atoms with Gasteiger partial charge in [-0.2, -0.15) is 13.2 Å². The highest BCUT2D eigenvalue weighted by Gasteiger charge is 2.30. The number of nitrogens with zero attached hydrogens (tertiary/aromatic N) is 3. The molecule has 0 radical (unpaired) electrons. The Morgan fingerprint density at radius 3 is 2.49 bits per heavy atom. The zero-order chi connectivity index (χ0) is 25.3. The summed E-state index contributed by atoms with van der Waals surface area (Å²) in [6, 6.07) is 4.83. The molecule has 10 heteroatoms. The first-order valence-corrected chi connectivity index (χ1v) is 13.8. The number of thioether (sulfide) groups is 2. The van der Waals surface area contributed by atoms with Crippen LogP contribution in [0, 0.1) is 0 Å². The summed E-state index contributed by atoms with van der Waals surface area (Å²) in [6.07, 6.45) is 2.69. The van der Waals surface area contributed by atoms with E-state index in [9.17, 15) is 18.0 Å². The first kappa shape index (κ1) is 27.4. The number of hydrogen-bond acceptors (Lipinski definition) is 6. The Morgan fingerprint density at radius 2 is 1.86 bits per heavy atom. The number of rotatable bonds is 12. The summed E-state index contributed by atoms with van der Waals surface area (Å²) < 4.78 is 38.6. The van der Waals surface area contributed by atoms with Crippen molar-refractivity contribution < 1.29 is 18.0 Å². The van der Waals surface area contributed by atoms with Gasteiger partial charge < -0.3 is 10.2 Å². The average molecular weight is 525 g/mol. The van der Waals surface area contributed by atoms with Gasteiger partial charge in [-0.1, -0.05) is 49.7 Å². The third-order valence-corrected chi connectivity index (χ3v) is 7.42. The SMILES string of the molecule is C=CCSc1nc(SCCCCC)c(C(=O)NCc2ccc(C(F)(F)F)cc2)c(N2CCCC2)n1. The van der Waals surface area contributed by atoms with Crippen molar-refractivity contribution in [3.63, 3.8) is 0 Å². The van der Waals surface area contributed by atoms with Crippen molar-refractivity contribution in [1.29, 1.82) is 0 Å². The molecule has 35 heavy (non-hydrogen) atoms. The van der Waals surface area contributed by atoms with Crippen molar-refractivity contribution in [3.8, 4) is 0 Å². The third-order valence-electron chi connectivity index (χ3n) is 5.52. The first-order valence-electron chi connectivity index (χ1n) is 11.8. The van der Waals surface area contributed by atoms with Crippen LogP contribution in [0.25, 0.3) is 0 Å². The minimum Gasteiger partial charge on any atom is -0.356 e. The number of aromatic nitrogens is 2. The number of amides is 1. The fourth-order valence-corrected chi connectivity index (χ4v) is 5.32. The van der Waals surface area contributed by atoms with Crippen molar-refractivity contribution in [2.45, 2.75) is 61.9 Å². The Hall–Kier alpha value is -2.20. The lowest BCUT2D eigenvalue weighted by atomic mass is 10.1. The van der Waals surface area contributed by atoms with E-state index < -0.39 is 11.7 Å². The highest BCUT2D eigenvalue weighted by Crippen LogP contribution is 2.33. The molecule has 190 valence electrons. The van der Waals surface area contributed by atoms with Crippen LogP contribution in [0.2, 0.25) is 0 Å². The van der Waals surface area contributed by atoms with E-state index in [1.807, 2.05) is 0 Å². The molecule has 0 bridgehead atoms. The molecule has 1 aromatic heterocycles. The minimum atomic E-state index is -4.39. The number of alkyl halides is 3. The number of carbonyl (C=O) groups is 1. The van der Waals surface area contributed by atoms with E-state index in [1.54, 1.807) is 17.8 Å². The topological polar surface area (TPSA) is 58.1 Å². The lowest BCUT2D eigenvalue weighted by molar-refractivity contribution is -0.137. The molecular formula is C25H31F3N4OS2. The first-order chi connectivity index (χ1) is 16.8. The molecule has 5 nitrogen and oxygen atoms in total. The molecule has 2 aromatic rings. The number of anilines is 1. The largest absolute Gasteiger partial charge is 0.416 e. The van der Waals surface area contributed by atoms with Gasteiger partial charge in [0.05, 0.1) is 5.56 Å². The summed E-state index contributed by atoms with van der Waals surface area (Å²) in [4.78, 5) is 25.0. The van der Waals surface area contributed by atoms with E-state index in [2.05, 4.69) is 23.7 Å². The van der Waals surface area contributed by atoms with Crippen LogP contribution in [0.5, 0.6) is 0 Å². The summed E-state index contributed by atoms with van der Waals surface area (Å²) in [5.74, 6) is 1.82. The van der Waals surface area contributed by atoms with Gasteiger partial charge in [-0.25, -0.2) is 9.97 Å². The monoisotopic (exact) mass is 524 g/mol. The third kappa shape index (κ3) is 7.90. The smallest absolute Gasteiger partial charge is 0.356 e. The van der Waals surface area contributed by atoms with Crippen LogP contribution in [0.3, 0.4) is 0 Å². The molecule has 1 amide bonds. The van der Waals surface area contributed by atoms with Crippen LogP contribution in [0.15, 0.2) is 47.1 Å². The molecule has 1 N–H and O–H groups in total. The lowest BCUT2D eigenvalue weighted by Crippen LogP contribution is -2.29. The molecule has 1 aliphatic heterocycles. The molecule has 1 aromatic carbocycles. The zero-order valence-corrected chi connectivity index (χ0v) is 21.5. The van der Waals surface area contributed by atoms with Crippen molar-refractivity contribution >= 4 is 35.2 Å². The number of hydrogen-bond donors (Lipinski definition) is 1. The van der Waals surface area contributed by atoms with Gasteiger partial charge in [-0.3, -0.25) is 4.79 Å². The molecule has 1 aliphatic rings. The summed E-state index contributed by atoms with van der Waals surface area (Å²) in [5.41, 5.74) is 0.323. The number of benzene rings is 1. The molecule has 3 rings (SSSR count).